The van der Waals surface area contributed by atoms with E-state index in [0.29, 0.717) is 10.3 Å². The minimum Gasteiger partial charge on any atom is -0.243 e. The molecule has 5 heteroatoms. The summed E-state index contributed by atoms with van der Waals surface area (Å²) in [5.41, 5.74) is 1.63. The number of H-pyrrole nitrogens is 2. The van der Waals surface area contributed by atoms with Gasteiger partial charge in [0.25, 0.3) is 0 Å². The lowest BCUT2D eigenvalue weighted by atomic mass is 10.4. The van der Waals surface area contributed by atoms with Crippen molar-refractivity contribution in [1.29, 1.82) is 0 Å². The van der Waals surface area contributed by atoms with Crippen molar-refractivity contribution in [3.8, 4) is 0 Å². The maximum absolute atomic E-state index is 5.76. The van der Waals surface area contributed by atoms with E-state index in [1.54, 1.807) is 12.4 Å². The molecule has 0 unspecified atom stereocenters. The number of fused-ring (bicyclic) bond motifs is 1. The van der Waals surface area contributed by atoms with Crippen LogP contribution in [0.5, 0.6) is 0 Å². The maximum atomic E-state index is 5.76. The van der Waals surface area contributed by atoms with Crippen LogP contribution in [0.15, 0.2) is 12.4 Å². The van der Waals surface area contributed by atoms with E-state index in [2.05, 4.69) is 15.0 Å². The highest BCUT2D eigenvalue weighted by Crippen LogP contribution is 2.18. The Kier molecular flexibility index (Phi) is 1.47. The van der Waals surface area contributed by atoms with Gasteiger partial charge in [-0.3, -0.25) is 0 Å². The molecule has 0 aromatic carbocycles. The molecule has 2 aromatic heterocycles. The second-order valence-electron chi connectivity index (χ2n) is 2.09. The third-order valence-corrected chi connectivity index (χ3v) is 1.86. The Labute approximate surface area is 72.4 Å². The Bertz CT molecular complexity index is 396. The number of imidazole rings is 1. The van der Waals surface area contributed by atoms with Gasteiger partial charge in [-0.15, -0.1) is 0 Å². The van der Waals surface area contributed by atoms with Crippen LogP contribution in [-0.2, 0) is 0 Å². The Hall–Kier alpha value is -0.800. The summed E-state index contributed by atoms with van der Waals surface area (Å²) in [6.45, 7) is 0. The highest BCUT2D eigenvalue weighted by molar-refractivity contribution is 6.35. The van der Waals surface area contributed by atoms with Gasteiger partial charge in [-0.1, -0.05) is 23.2 Å². The molecular weight excluding hydrogens is 185 g/mol. The quantitative estimate of drug-likeness (QED) is 0.629. The zero-order valence-corrected chi connectivity index (χ0v) is 6.87. The number of rotatable bonds is 0. The molecule has 2 rings (SSSR count). The van der Waals surface area contributed by atoms with Gasteiger partial charge < -0.3 is 0 Å². The molecule has 0 saturated heterocycles. The molecule has 0 aliphatic carbocycles. The summed E-state index contributed by atoms with van der Waals surface area (Å²) < 4.78 is 0. The summed E-state index contributed by atoms with van der Waals surface area (Å²) in [7, 11) is 0. The Balaban J connectivity index is 2.91. The first kappa shape index (κ1) is 6.88. The van der Waals surface area contributed by atoms with Crippen molar-refractivity contribution in [2.75, 3.05) is 0 Å². The molecule has 0 saturated carbocycles. The number of aromatic amines is 2. The molecular formula is C6H4Cl2N3+. The molecule has 0 spiro atoms. The summed E-state index contributed by atoms with van der Waals surface area (Å²) in [6.07, 6.45) is 1.68. The van der Waals surface area contributed by atoms with E-state index in [-0.39, 0.29) is 0 Å². The van der Waals surface area contributed by atoms with Gasteiger partial charge in [-0.25, -0.2) is 15.0 Å². The second-order valence-corrected chi connectivity index (χ2v) is 2.84. The van der Waals surface area contributed by atoms with Crippen molar-refractivity contribution >= 4 is 34.2 Å². The highest BCUT2D eigenvalue weighted by Gasteiger charge is 2.08. The number of aromatic nitrogens is 3. The summed E-state index contributed by atoms with van der Waals surface area (Å²) in [4.78, 5) is 9.70. The van der Waals surface area contributed by atoms with Gasteiger partial charge in [0.1, 0.15) is 5.15 Å². The van der Waals surface area contributed by atoms with Crippen LogP contribution in [-0.4, -0.2) is 9.97 Å². The van der Waals surface area contributed by atoms with Crippen LogP contribution in [0.2, 0.25) is 10.3 Å². The van der Waals surface area contributed by atoms with Crippen LogP contribution in [0.4, 0.5) is 0 Å². The topological polar surface area (TPSA) is 42.8 Å². The molecule has 11 heavy (non-hydrogen) atoms. The summed E-state index contributed by atoms with van der Waals surface area (Å²) >= 11 is 11.4. The fraction of sp³-hybridized carbons (Fsp3) is 0. The fourth-order valence-electron chi connectivity index (χ4n) is 0.921. The Morgan fingerprint density at radius 2 is 2.27 bits per heavy atom. The first-order valence-electron chi connectivity index (χ1n) is 2.98. The van der Waals surface area contributed by atoms with Crippen molar-refractivity contribution < 1.29 is 4.98 Å². The predicted octanol–water partition coefficient (Wildman–Crippen LogP) is 1.68. The first-order chi connectivity index (χ1) is 5.27. The third kappa shape index (κ3) is 1.06. The Morgan fingerprint density at radius 3 is 3.09 bits per heavy atom. The molecule has 0 bridgehead atoms. The molecule has 3 nitrogen and oxygen atoms in total. The van der Waals surface area contributed by atoms with E-state index in [9.17, 15) is 0 Å². The molecule has 56 valence electrons. The van der Waals surface area contributed by atoms with Gasteiger partial charge in [-0.2, -0.15) is 0 Å². The molecule has 0 aliphatic heterocycles. The van der Waals surface area contributed by atoms with E-state index in [1.165, 1.54) is 0 Å². The molecule has 0 fully saturated rings. The average Bonchev–Trinajstić information content (AvgIpc) is 2.34. The monoisotopic (exact) mass is 188 g/mol. The van der Waals surface area contributed by atoms with Crippen molar-refractivity contribution in [2.45, 2.75) is 0 Å². The first-order valence-corrected chi connectivity index (χ1v) is 3.74. The van der Waals surface area contributed by atoms with Gasteiger partial charge in [0, 0.05) is 6.07 Å². The van der Waals surface area contributed by atoms with E-state index in [4.69, 9.17) is 23.2 Å². The highest BCUT2D eigenvalue weighted by atomic mass is 35.5. The van der Waals surface area contributed by atoms with Crippen LogP contribution < -0.4 is 4.98 Å². The van der Waals surface area contributed by atoms with Crippen LogP contribution in [0.25, 0.3) is 11.0 Å². The fourth-order valence-corrected chi connectivity index (χ4v) is 1.41. The maximum Gasteiger partial charge on any atom is 0.240 e. The number of nitrogens with one attached hydrogen (secondary N) is 2. The lowest BCUT2D eigenvalue weighted by Crippen LogP contribution is -1.96. The van der Waals surface area contributed by atoms with Gasteiger partial charge in [0.2, 0.25) is 11.8 Å². The van der Waals surface area contributed by atoms with Crippen LogP contribution >= 0.6 is 23.2 Å². The normalized spacial score (nSPS) is 10.7. The largest absolute Gasteiger partial charge is 0.243 e. The number of hydrogen-bond donors (Lipinski definition) is 1. The number of nitrogens with zero attached hydrogens (tertiary/aromatic N) is 1. The number of hydrogen-bond acceptors (Lipinski definition) is 1. The zero-order valence-electron chi connectivity index (χ0n) is 5.36. The minimum atomic E-state index is 0.383. The van der Waals surface area contributed by atoms with E-state index >= 15 is 0 Å². The SMILES string of the molecule is Clc1cc2[nH]c[nH+]c2c(Cl)n1. The van der Waals surface area contributed by atoms with Gasteiger partial charge >= 0.3 is 0 Å². The minimum absolute atomic E-state index is 0.383. The smallest absolute Gasteiger partial charge is 0.240 e. The van der Waals surface area contributed by atoms with Crippen molar-refractivity contribution in [2.24, 2.45) is 0 Å². The molecule has 2 N–H and O–H groups in total. The van der Waals surface area contributed by atoms with Gasteiger partial charge in [0.05, 0.1) is 0 Å². The molecule has 2 heterocycles. The van der Waals surface area contributed by atoms with Crippen LogP contribution in [0, 0.1) is 0 Å². The average molecular weight is 189 g/mol. The van der Waals surface area contributed by atoms with Crippen molar-refractivity contribution in [1.82, 2.24) is 9.97 Å². The van der Waals surface area contributed by atoms with E-state index in [0.717, 1.165) is 11.0 Å². The van der Waals surface area contributed by atoms with Crippen LogP contribution in [0.3, 0.4) is 0 Å². The lowest BCUT2D eigenvalue weighted by molar-refractivity contribution is -0.344. The van der Waals surface area contributed by atoms with E-state index in [1.807, 2.05) is 0 Å². The van der Waals surface area contributed by atoms with E-state index < -0.39 is 0 Å². The van der Waals surface area contributed by atoms with Crippen molar-refractivity contribution in [3.05, 3.63) is 22.7 Å². The van der Waals surface area contributed by atoms with Gasteiger partial charge in [0.15, 0.2) is 10.7 Å². The molecule has 0 atom stereocenters. The second kappa shape index (κ2) is 2.36. The van der Waals surface area contributed by atoms with Crippen molar-refractivity contribution in [3.63, 3.8) is 0 Å². The third-order valence-electron chi connectivity index (χ3n) is 1.39. The Morgan fingerprint density at radius 1 is 1.45 bits per heavy atom. The molecule has 0 radical (unpaired) electrons. The molecule has 0 aliphatic rings. The standard InChI is InChI=1S/C6H3Cl2N3/c7-4-1-3-5(6(8)11-4)10-2-9-3/h1-2H,(H,9,10)/p+1. The predicted molar refractivity (Wildman–Crippen MR) is 42.7 cm³/mol. The summed E-state index contributed by atoms with van der Waals surface area (Å²) in [6, 6.07) is 1.71. The summed E-state index contributed by atoms with van der Waals surface area (Å²) in [5, 5.41) is 0.770. The van der Waals surface area contributed by atoms with Gasteiger partial charge in [-0.05, 0) is 0 Å². The summed E-state index contributed by atoms with van der Waals surface area (Å²) in [5.74, 6) is 0. The van der Waals surface area contributed by atoms with Crippen LogP contribution in [0.1, 0.15) is 0 Å². The molecule has 0 amide bonds. The lowest BCUT2D eigenvalue weighted by Gasteiger charge is -1.88. The zero-order chi connectivity index (χ0) is 7.84. The number of pyridine rings is 1. The number of halogens is 2. The molecule has 2 aromatic rings.